The van der Waals surface area contributed by atoms with Crippen LogP contribution in [0, 0.1) is 0 Å². The van der Waals surface area contributed by atoms with E-state index in [1.54, 1.807) is 18.2 Å². The Kier molecular flexibility index (Phi) is 5.03. The molecule has 29 heavy (non-hydrogen) atoms. The first kappa shape index (κ1) is 18.4. The maximum absolute atomic E-state index is 13.1. The molecule has 0 bridgehead atoms. The third-order valence-corrected chi connectivity index (χ3v) is 4.53. The number of carbonyl (C=O) groups excluding carboxylic acids is 2. The highest BCUT2D eigenvalue weighted by atomic mass is 16.6. The number of hydrogen-bond acceptors (Lipinski definition) is 5. The number of methoxy groups -OCH3 is 1. The van der Waals surface area contributed by atoms with Gasteiger partial charge in [-0.25, -0.2) is 9.78 Å². The lowest BCUT2D eigenvalue weighted by atomic mass is 10.0. The SMILES string of the molecule is COc1cc(C=O)ccc1OC(=O)c1cc(-c2ccccc2)nc2ccccc12. The second kappa shape index (κ2) is 7.94. The molecule has 0 fully saturated rings. The van der Waals surface area contributed by atoms with E-state index < -0.39 is 5.97 Å². The van der Waals surface area contributed by atoms with Crippen molar-refractivity contribution in [2.45, 2.75) is 0 Å². The van der Waals surface area contributed by atoms with Gasteiger partial charge in [0.25, 0.3) is 0 Å². The average molecular weight is 383 g/mol. The summed E-state index contributed by atoms with van der Waals surface area (Å²) in [5.74, 6) is 0.0211. The lowest BCUT2D eigenvalue weighted by Crippen LogP contribution is -2.11. The highest BCUT2D eigenvalue weighted by Gasteiger charge is 2.18. The topological polar surface area (TPSA) is 65.5 Å². The van der Waals surface area contributed by atoms with Crippen molar-refractivity contribution in [3.8, 4) is 22.8 Å². The van der Waals surface area contributed by atoms with Crippen molar-refractivity contribution in [2.24, 2.45) is 0 Å². The molecule has 0 N–H and O–H groups in total. The lowest BCUT2D eigenvalue weighted by molar-refractivity contribution is 0.0731. The molecular formula is C24H17NO4. The quantitative estimate of drug-likeness (QED) is 0.277. The number of hydrogen-bond donors (Lipinski definition) is 0. The maximum Gasteiger partial charge on any atom is 0.344 e. The van der Waals surface area contributed by atoms with E-state index in [2.05, 4.69) is 4.98 Å². The Bertz CT molecular complexity index is 1200. The first-order valence-electron chi connectivity index (χ1n) is 9.00. The van der Waals surface area contributed by atoms with E-state index >= 15 is 0 Å². The Morgan fingerprint density at radius 2 is 1.66 bits per heavy atom. The molecule has 0 aliphatic rings. The van der Waals surface area contributed by atoms with Crippen molar-refractivity contribution < 1.29 is 19.1 Å². The third kappa shape index (κ3) is 3.71. The van der Waals surface area contributed by atoms with Gasteiger partial charge in [-0.05, 0) is 30.3 Å². The molecule has 5 heteroatoms. The minimum absolute atomic E-state index is 0.241. The van der Waals surface area contributed by atoms with Gasteiger partial charge in [-0.3, -0.25) is 4.79 Å². The molecule has 0 amide bonds. The number of aldehydes is 1. The van der Waals surface area contributed by atoms with Gasteiger partial charge in [-0.1, -0.05) is 48.5 Å². The number of carbonyl (C=O) groups is 2. The van der Waals surface area contributed by atoms with E-state index in [9.17, 15) is 9.59 Å². The van der Waals surface area contributed by atoms with Crippen LogP contribution in [0.2, 0.25) is 0 Å². The summed E-state index contributed by atoms with van der Waals surface area (Å²) in [5.41, 5.74) is 3.11. The average Bonchev–Trinajstić information content (AvgIpc) is 2.79. The zero-order valence-electron chi connectivity index (χ0n) is 15.7. The molecule has 0 saturated heterocycles. The second-order valence-electron chi connectivity index (χ2n) is 6.36. The van der Waals surface area contributed by atoms with Gasteiger partial charge in [-0.2, -0.15) is 0 Å². The molecule has 142 valence electrons. The Hall–Kier alpha value is -3.99. The van der Waals surface area contributed by atoms with E-state index in [0.29, 0.717) is 39.8 Å². The number of pyridine rings is 1. The molecule has 1 aromatic heterocycles. The zero-order chi connectivity index (χ0) is 20.2. The molecule has 4 aromatic rings. The Labute approximate surface area is 167 Å². The second-order valence-corrected chi connectivity index (χ2v) is 6.36. The molecule has 5 nitrogen and oxygen atoms in total. The number of benzene rings is 3. The normalized spacial score (nSPS) is 10.5. The van der Waals surface area contributed by atoms with E-state index in [4.69, 9.17) is 9.47 Å². The molecule has 0 saturated carbocycles. The zero-order valence-corrected chi connectivity index (χ0v) is 15.7. The molecule has 0 aliphatic heterocycles. The number of aromatic nitrogens is 1. The van der Waals surface area contributed by atoms with Crippen LogP contribution in [0.25, 0.3) is 22.2 Å². The Morgan fingerprint density at radius 1 is 0.897 bits per heavy atom. The summed E-state index contributed by atoms with van der Waals surface area (Å²) in [4.78, 5) is 28.7. The lowest BCUT2D eigenvalue weighted by Gasteiger charge is -2.12. The predicted molar refractivity (Wildman–Crippen MR) is 111 cm³/mol. The molecule has 0 atom stereocenters. The number of para-hydroxylation sites is 1. The standard InChI is InChI=1S/C24H17NO4/c1-28-23-13-16(15-26)11-12-22(23)29-24(27)19-14-21(17-7-3-2-4-8-17)25-20-10-6-5-9-18(19)20/h2-15H,1H3. The van der Waals surface area contributed by atoms with Crippen molar-refractivity contribution in [2.75, 3.05) is 7.11 Å². The van der Waals surface area contributed by atoms with Crippen molar-refractivity contribution in [3.05, 3.63) is 90.0 Å². The molecule has 4 rings (SSSR count). The van der Waals surface area contributed by atoms with Gasteiger partial charge >= 0.3 is 5.97 Å². The fourth-order valence-corrected chi connectivity index (χ4v) is 3.10. The van der Waals surface area contributed by atoms with Crippen LogP contribution in [0.5, 0.6) is 11.5 Å². The first-order chi connectivity index (χ1) is 14.2. The van der Waals surface area contributed by atoms with Gasteiger partial charge in [0, 0.05) is 16.5 Å². The van der Waals surface area contributed by atoms with E-state index in [1.807, 2.05) is 54.6 Å². The van der Waals surface area contributed by atoms with Crippen LogP contribution in [0.15, 0.2) is 78.9 Å². The molecule has 3 aromatic carbocycles. The molecule has 0 unspecified atom stereocenters. The van der Waals surface area contributed by atoms with Crippen LogP contribution < -0.4 is 9.47 Å². The van der Waals surface area contributed by atoms with Crippen molar-refractivity contribution >= 4 is 23.2 Å². The van der Waals surface area contributed by atoms with Gasteiger partial charge < -0.3 is 9.47 Å². The Morgan fingerprint density at radius 3 is 2.41 bits per heavy atom. The van der Waals surface area contributed by atoms with Gasteiger partial charge in [-0.15, -0.1) is 0 Å². The highest BCUT2D eigenvalue weighted by molar-refractivity contribution is 6.05. The van der Waals surface area contributed by atoms with E-state index in [-0.39, 0.29) is 5.75 Å². The van der Waals surface area contributed by atoms with Crippen molar-refractivity contribution in [3.63, 3.8) is 0 Å². The summed E-state index contributed by atoms with van der Waals surface area (Å²) in [6, 6.07) is 23.4. The highest BCUT2D eigenvalue weighted by Crippen LogP contribution is 2.30. The van der Waals surface area contributed by atoms with Crippen LogP contribution in [0.4, 0.5) is 0 Å². The third-order valence-electron chi connectivity index (χ3n) is 4.53. The summed E-state index contributed by atoms with van der Waals surface area (Å²) in [5, 5.41) is 0.695. The van der Waals surface area contributed by atoms with E-state index in [1.165, 1.54) is 13.2 Å². The van der Waals surface area contributed by atoms with Crippen LogP contribution in [0.1, 0.15) is 20.7 Å². The van der Waals surface area contributed by atoms with Crippen LogP contribution in [-0.2, 0) is 0 Å². The van der Waals surface area contributed by atoms with Gasteiger partial charge in [0.05, 0.1) is 23.9 Å². The van der Waals surface area contributed by atoms with Crippen molar-refractivity contribution in [1.82, 2.24) is 4.98 Å². The number of nitrogens with zero attached hydrogens (tertiary/aromatic N) is 1. The smallest absolute Gasteiger partial charge is 0.344 e. The molecule has 0 spiro atoms. The molecule has 0 aliphatic carbocycles. The summed E-state index contributed by atoms with van der Waals surface area (Å²) in [6.45, 7) is 0. The first-order valence-corrected chi connectivity index (χ1v) is 9.00. The molecule has 0 radical (unpaired) electrons. The largest absolute Gasteiger partial charge is 0.493 e. The summed E-state index contributed by atoms with van der Waals surface area (Å²) < 4.78 is 10.9. The van der Waals surface area contributed by atoms with E-state index in [0.717, 1.165) is 5.56 Å². The maximum atomic E-state index is 13.1. The minimum atomic E-state index is -0.530. The van der Waals surface area contributed by atoms with Crippen molar-refractivity contribution in [1.29, 1.82) is 0 Å². The monoisotopic (exact) mass is 383 g/mol. The van der Waals surface area contributed by atoms with Crippen LogP contribution in [0.3, 0.4) is 0 Å². The number of esters is 1. The number of ether oxygens (including phenoxy) is 2. The fourth-order valence-electron chi connectivity index (χ4n) is 3.10. The van der Waals surface area contributed by atoms with Gasteiger partial charge in [0.1, 0.15) is 6.29 Å². The fraction of sp³-hybridized carbons (Fsp3) is 0.0417. The summed E-state index contributed by atoms with van der Waals surface area (Å²) in [6.07, 6.45) is 0.705. The summed E-state index contributed by atoms with van der Waals surface area (Å²) >= 11 is 0. The van der Waals surface area contributed by atoms with Crippen LogP contribution >= 0.6 is 0 Å². The Balaban J connectivity index is 1.79. The minimum Gasteiger partial charge on any atom is -0.493 e. The molecule has 1 heterocycles. The number of fused-ring (bicyclic) bond motifs is 1. The summed E-state index contributed by atoms with van der Waals surface area (Å²) in [7, 11) is 1.45. The predicted octanol–water partition coefficient (Wildman–Crippen LogP) is 4.94. The number of rotatable bonds is 5. The van der Waals surface area contributed by atoms with Gasteiger partial charge in [0.15, 0.2) is 11.5 Å². The van der Waals surface area contributed by atoms with Crippen LogP contribution in [-0.4, -0.2) is 24.3 Å². The molecular weight excluding hydrogens is 366 g/mol. The van der Waals surface area contributed by atoms with Gasteiger partial charge in [0.2, 0.25) is 0 Å².